The maximum atomic E-state index is 5.81. The van der Waals surface area contributed by atoms with E-state index in [0.717, 1.165) is 11.9 Å². The van der Waals surface area contributed by atoms with Crippen molar-refractivity contribution in [3.63, 3.8) is 0 Å². The molecule has 3 heteroatoms. The van der Waals surface area contributed by atoms with Gasteiger partial charge in [0.25, 0.3) is 5.95 Å². The third-order valence-corrected chi connectivity index (χ3v) is 2.50. The first-order chi connectivity index (χ1) is 6.01. The predicted molar refractivity (Wildman–Crippen MR) is 56.9 cm³/mol. The first-order valence-corrected chi connectivity index (χ1v) is 8.45. The second kappa shape index (κ2) is 4.18. The van der Waals surface area contributed by atoms with Gasteiger partial charge < -0.3 is 9.16 Å². The van der Waals surface area contributed by atoms with Crippen molar-refractivity contribution in [3.05, 3.63) is 12.0 Å². The van der Waals surface area contributed by atoms with Crippen LogP contribution in [0.5, 0.6) is 0 Å². The predicted octanol–water partition coefficient (Wildman–Crippen LogP) is 3.13. The van der Waals surface area contributed by atoms with Crippen LogP contribution in [0.15, 0.2) is 12.0 Å². The smallest absolute Gasteiger partial charge is 0.261 e. The minimum Gasteiger partial charge on any atom is -0.520 e. The van der Waals surface area contributed by atoms with E-state index >= 15 is 0 Å². The zero-order chi connectivity index (χ0) is 9.90. The lowest BCUT2D eigenvalue weighted by atomic mass is 10.4. The molecule has 1 rings (SSSR count). The highest BCUT2D eigenvalue weighted by atomic mass is 28.4. The van der Waals surface area contributed by atoms with Gasteiger partial charge in [-0.3, -0.25) is 0 Å². The molecule has 0 amide bonds. The lowest BCUT2D eigenvalue weighted by Crippen LogP contribution is -2.25. The van der Waals surface area contributed by atoms with Crippen LogP contribution in [0.25, 0.3) is 0 Å². The van der Waals surface area contributed by atoms with Crippen LogP contribution in [0.4, 0.5) is 0 Å². The Bertz CT molecular complexity index is 190. The topological polar surface area (TPSA) is 18.5 Å². The van der Waals surface area contributed by atoms with Gasteiger partial charge in [0.1, 0.15) is 0 Å². The molecule has 0 atom stereocenters. The van der Waals surface area contributed by atoms with E-state index in [1.807, 2.05) is 6.92 Å². The summed E-state index contributed by atoms with van der Waals surface area (Å²) in [6.07, 6.45) is 4.74. The molecule has 1 saturated carbocycles. The average molecular weight is 200 g/mol. The van der Waals surface area contributed by atoms with Gasteiger partial charge in [0.2, 0.25) is 8.32 Å². The molecule has 0 radical (unpaired) electrons. The van der Waals surface area contributed by atoms with Gasteiger partial charge in [-0.2, -0.15) is 0 Å². The van der Waals surface area contributed by atoms with Crippen LogP contribution in [-0.2, 0) is 9.16 Å². The Kier molecular flexibility index (Phi) is 3.42. The van der Waals surface area contributed by atoms with Gasteiger partial charge in [-0.1, -0.05) is 0 Å². The molecule has 0 spiro atoms. The Morgan fingerprint density at radius 1 is 1.38 bits per heavy atom. The number of hydrogen-bond acceptors (Lipinski definition) is 2. The van der Waals surface area contributed by atoms with Gasteiger partial charge in [-0.05, 0) is 51.4 Å². The molecule has 0 saturated heterocycles. The fraction of sp³-hybridized carbons (Fsp3) is 0.800. The maximum Gasteiger partial charge on any atom is 0.261 e. The molecule has 2 nitrogen and oxygen atoms in total. The van der Waals surface area contributed by atoms with Crippen molar-refractivity contribution < 1.29 is 9.16 Å². The van der Waals surface area contributed by atoms with Gasteiger partial charge in [-0.15, -0.1) is 0 Å². The molecule has 13 heavy (non-hydrogen) atoms. The van der Waals surface area contributed by atoms with Crippen LogP contribution in [0.3, 0.4) is 0 Å². The summed E-state index contributed by atoms with van der Waals surface area (Å²) in [6.45, 7) is 9.21. The van der Waals surface area contributed by atoms with E-state index in [4.69, 9.17) is 9.16 Å². The molecule has 0 aromatic heterocycles. The van der Waals surface area contributed by atoms with Crippen LogP contribution < -0.4 is 0 Å². The van der Waals surface area contributed by atoms with Gasteiger partial charge >= 0.3 is 0 Å². The molecule has 76 valence electrons. The molecule has 0 N–H and O–H groups in total. The lowest BCUT2D eigenvalue weighted by molar-refractivity contribution is 0.110. The summed E-state index contributed by atoms with van der Waals surface area (Å²) >= 11 is 0. The first-order valence-electron chi connectivity index (χ1n) is 5.05. The Morgan fingerprint density at radius 3 is 2.38 bits per heavy atom. The zero-order valence-electron chi connectivity index (χ0n) is 9.09. The molecular formula is C10H20O2Si. The van der Waals surface area contributed by atoms with Gasteiger partial charge in [-0.25, -0.2) is 0 Å². The van der Waals surface area contributed by atoms with Crippen LogP contribution >= 0.6 is 0 Å². The van der Waals surface area contributed by atoms with Crippen molar-refractivity contribution in [1.29, 1.82) is 0 Å². The Balaban J connectivity index is 2.46. The van der Waals surface area contributed by atoms with Crippen LogP contribution in [0.2, 0.25) is 19.6 Å². The number of rotatable bonds is 5. The standard InChI is InChI=1S/C10H20O2Si/c1-5-11-10(8-9-6-7-9)12-13(2,3)4/h8-9H,5-7H2,1-4H3/b10-8-. The molecular weight excluding hydrogens is 180 g/mol. The van der Waals surface area contributed by atoms with Crippen LogP contribution in [0.1, 0.15) is 19.8 Å². The summed E-state index contributed by atoms with van der Waals surface area (Å²) in [4.78, 5) is 0. The molecule has 0 heterocycles. The second-order valence-corrected chi connectivity index (χ2v) is 8.90. The largest absolute Gasteiger partial charge is 0.520 e. The minimum absolute atomic E-state index is 0.697. The molecule has 0 bridgehead atoms. The van der Waals surface area contributed by atoms with E-state index in [1.165, 1.54) is 12.8 Å². The average Bonchev–Trinajstić information content (AvgIpc) is 2.68. The van der Waals surface area contributed by atoms with Crippen molar-refractivity contribution in [2.24, 2.45) is 5.92 Å². The van der Waals surface area contributed by atoms with E-state index < -0.39 is 8.32 Å². The quantitative estimate of drug-likeness (QED) is 0.501. The molecule has 1 aliphatic rings. The number of allylic oxidation sites excluding steroid dienone is 1. The normalized spacial score (nSPS) is 18.6. The van der Waals surface area contributed by atoms with Gasteiger partial charge in [0.05, 0.1) is 6.61 Å². The SMILES string of the molecule is CCO/C(=C/C1CC1)O[Si](C)(C)C. The number of ether oxygens (including phenoxy) is 1. The Hall–Kier alpha value is -0.443. The highest BCUT2D eigenvalue weighted by Gasteiger charge is 2.23. The van der Waals surface area contributed by atoms with Crippen molar-refractivity contribution >= 4 is 8.32 Å². The monoisotopic (exact) mass is 200 g/mol. The Morgan fingerprint density at radius 2 is 2.00 bits per heavy atom. The van der Waals surface area contributed by atoms with E-state index in [1.54, 1.807) is 0 Å². The maximum absolute atomic E-state index is 5.81. The molecule has 0 aromatic carbocycles. The van der Waals surface area contributed by atoms with Crippen molar-refractivity contribution in [3.8, 4) is 0 Å². The summed E-state index contributed by atoms with van der Waals surface area (Å²) in [5, 5.41) is 0. The molecule has 1 aliphatic carbocycles. The summed E-state index contributed by atoms with van der Waals surface area (Å²) < 4.78 is 11.2. The molecule has 1 fully saturated rings. The van der Waals surface area contributed by atoms with Crippen LogP contribution in [-0.4, -0.2) is 14.9 Å². The minimum atomic E-state index is -1.49. The summed E-state index contributed by atoms with van der Waals surface area (Å²) in [6, 6.07) is 0. The van der Waals surface area contributed by atoms with E-state index in [0.29, 0.717) is 6.61 Å². The zero-order valence-corrected chi connectivity index (χ0v) is 10.1. The highest BCUT2D eigenvalue weighted by molar-refractivity contribution is 6.69. The molecule has 0 unspecified atom stereocenters. The molecule has 0 aliphatic heterocycles. The van der Waals surface area contributed by atoms with Gasteiger partial charge in [0, 0.05) is 0 Å². The van der Waals surface area contributed by atoms with Crippen molar-refractivity contribution in [2.75, 3.05) is 6.61 Å². The van der Waals surface area contributed by atoms with E-state index in [-0.39, 0.29) is 0 Å². The van der Waals surface area contributed by atoms with E-state index in [9.17, 15) is 0 Å². The third kappa shape index (κ3) is 4.98. The Labute approximate surface area is 82.1 Å². The van der Waals surface area contributed by atoms with Gasteiger partial charge in [0.15, 0.2) is 0 Å². The lowest BCUT2D eigenvalue weighted by Gasteiger charge is -2.21. The summed E-state index contributed by atoms with van der Waals surface area (Å²) in [5.74, 6) is 1.49. The van der Waals surface area contributed by atoms with Crippen molar-refractivity contribution in [1.82, 2.24) is 0 Å². The fourth-order valence-corrected chi connectivity index (χ4v) is 1.74. The first kappa shape index (κ1) is 10.6. The summed E-state index contributed by atoms with van der Waals surface area (Å²) in [7, 11) is -1.49. The molecule has 0 aromatic rings. The van der Waals surface area contributed by atoms with E-state index in [2.05, 4.69) is 25.7 Å². The summed E-state index contributed by atoms with van der Waals surface area (Å²) in [5.41, 5.74) is 0. The van der Waals surface area contributed by atoms with Crippen molar-refractivity contribution in [2.45, 2.75) is 39.4 Å². The second-order valence-electron chi connectivity index (χ2n) is 4.47. The fourth-order valence-electron chi connectivity index (χ4n) is 1.01. The van der Waals surface area contributed by atoms with Crippen LogP contribution in [0, 0.1) is 5.92 Å². The highest BCUT2D eigenvalue weighted by Crippen LogP contribution is 2.32. The third-order valence-electron chi connectivity index (χ3n) is 1.69. The number of hydrogen-bond donors (Lipinski definition) is 0.